The van der Waals surface area contributed by atoms with Gasteiger partial charge in [0.15, 0.2) is 0 Å². The summed E-state index contributed by atoms with van der Waals surface area (Å²) in [6.07, 6.45) is 0. The number of para-hydroxylation sites is 1. The molecule has 3 aromatic rings. The first kappa shape index (κ1) is 16.3. The fraction of sp³-hybridized carbons (Fsp3) is 0. The van der Waals surface area contributed by atoms with Crippen LogP contribution in [0.1, 0.15) is 31.1 Å². The molecule has 0 bridgehead atoms. The van der Waals surface area contributed by atoms with Gasteiger partial charge in [-0.25, -0.2) is 0 Å². The zero-order valence-corrected chi connectivity index (χ0v) is 13.3. The predicted octanol–water partition coefficient (Wildman–Crippen LogP) is 4.00. The first-order chi connectivity index (χ1) is 12.1. The topological polar surface area (TPSA) is 63.2 Å². The molecular weight excluding hydrogens is 314 g/mol. The summed E-state index contributed by atoms with van der Waals surface area (Å²) in [6.45, 7) is 0. The van der Waals surface area contributed by atoms with Crippen LogP contribution < -0.4 is 5.32 Å². The Hall–Kier alpha value is -3.53. The Bertz CT molecular complexity index is 901. The molecule has 0 saturated heterocycles. The highest BCUT2D eigenvalue weighted by Gasteiger charge is 2.18. The lowest BCUT2D eigenvalue weighted by molar-refractivity contribution is 0.0817. The SMILES string of the molecule is O=C(Nc1ccccc1)c1ccc(C(=O)C(=O)c2ccccc2)cc1. The molecule has 0 atom stereocenters. The van der Waals surface area contributed by atoms with E-state index < -0.39 is 11.6 Å². The number of anilines is 1. The van der Waals surface area contributed by atoms with Crippen molar-refractivity contribution in [2.45, 2.75) is 0 Å². The zero-order chi connectivity index (χ0) is 17.6. The van der Waals surface area contributed by atoms with Crippen molar-refractivity contribution in [2.75, 3.05) is 5.32 Å². The van der Waals surface area contributed by atoms with E-state index in [0.717, 1.165) is 0 Å². The number of benzene rings is 3. The second-order valence-electron chi connectivity index (χ2n) is 5.42. The van der Waals surface area contributed by atoms with Crippen LogP contribution in [0.4, 0.5) is 5.69 Å². The number of amides is 1. The summed E-state index contributed by atoms with van der Waals surface area (Å²) in [6, 6.07) is 23.5. The average molecular weight is 329 g/mol. The Labute approximate surface area is 145 Å². The molecule has 122 valence electrons. The maximum absolute atomic E-state index is 12.3. The largest absolute Gasteiger partial charge is 0.322 e. The molecule has 1 amide bonds. The average Bonchev–Trinajstić information content (AvgIpc) is 2.68. The van der Waals surface area contributed by atoms with Gasteiger partial charge in [0.05, 0.1) is 0 Å². The van der Waals surface area contributed by atoms with Crippen molar-refractivity contribution < 1.29 is 14.4 Å². The molecule has 0 saturated carbocycles. The molecule has 3 rings (SSSR count). The molecular formula is C21H15NO3. The van der Waals surface area contributed by atoms with E-state index in [2.05, 4.69) is 5.32 Å². The van der Waals surface area contributed by atoms with E-state index in [4.69, 9.17) is 0 Å². The maximum Gasteiger partial charge on any atom is 0.255 e. The third kappa shape index (κ3) is 3.87. The number of ketones is 2. The molecule has 0 aliphatic heterocycles. The Balaban J connectivity index is 1.72. The molecule has 4 heteroatoms. The molecule has 0 aliphatic carbocycles. The summed E-state index contributed by atoms with van der Waals surface area (Å²) in [5.74, 6) is -1.44. The van der Waals surface area contributed by atoms with Crippen molar-refractivity contribution in [2.24, 2.45) is 0 Å². The summed E-state index contributed by atoms with van der Waals surface area (Å²) in [5, 5.41) is 2.76. The number of carbonyl (C=O) groups is 3. The fourth-order valence-corrected chi connectivity index (χ4v) is 2.35. The second-order valence-corrected chi connectivity index (χ2v) is 5.42. The van der Waals surface area contributed by atoms with Crippen LogP contribution in [-0.4, -0.2) is 17.5 Å². The molecule has 0 unspecified atom stereocenters. The molecule has 3 aromatic carbocycles. The normalized spacial score (nSPS) is 10.1. The molecule has 0 radical (unpaired) electrons. The number of rotatable bonds is 5. The van der Waals surface area contributed by atoms with Crippen molar-refractivity contribution in [3.63, 3.8) is 0 Å². The third-order valence-electron chi connectivity index (χ3n) is 3.68. The minimum atomic E-state index is -0.596. The summed E-state index contributed by atoms with van der Waals surface area (Å²) in [4.78, 5) is 36.6. The minimum absolute atomic E-state index is 0.255. The first-order valence-corrected chi connectivity index (χ1v) is 7.76. The third-order valence-corrected chi connectivity index (χ3v) is 3.68. The van der Waals surface area contributed by atoms with Gasteiger partial charge in [-0.3, -0.25) is 14.4 Å². The lowest BCUT2D eigenvalue weighted by Gasteiger charge is -2.06. The lowest BCUT2D eigenvalue weighted by Crippen LogP contribution is -2.15. The zero-order valence-electron chi connectivity index (χ0n) is 13.3. The fourth-order valence-electron chi connectivity index (χ4n) is 2.35. The number of carbonyl (C=O) groups excluding carboxylic acids is 3. The Morgan fingerprint density at radius 3 is 1.52 bits per heavy atom. The summed E-state index contributed by atoms with van der Waals surface area (Å²) >= 11 is 0. The molecule has 4 nitrogen and oxygen atoms in total. The van der Waals surface area contributed by atoms with E-state index in [1.165, 1.54) is 24.3 Å². The van der Waals surface area contributed by atoms with Gasteiger partial charge in [-0.2, -0.15) is 0 Å². The smallest absolute Gasteiger partial charge is 0.255 e. The van der Waals surface area contributed by atoms with Crippen molar-refractivity contribution in [3.8, 4) is 0 Å². The molecule has 0 fully saturated rings. The van der Waals surface area contributed by atoms with E-state index in [9.17, 15) is 14.4 Å². The van der Waals surface area contributed by atoms with E-state index in [-0.39, 0.29) is 11.5 Å². The first-order valence-electron chi connectivity index (χ1n) is 7.76. The maximum atomic E-state index is 12.3. The van der Waals surface area contributed by atoms with E-state index >= 15 is 0 Å². The number of nitrogens with one attached hydrogen (secondary N) is 1. The van der Waals surface area contributed by atoms with Crippen molar-refractivity contribution in [3.05, 3.63) is 102 Å². The van der Waals surface area contributed by atoms with Crippen molar-refractivity contribution in [1.29, 1.82) is 0 Å². The molecule has 0 spiro atoms. The van der Waals surface area contributed by atoms with Crippen LogP contribution in [0.3, 0.4) is 0 Å². The quantitative estimate of drug-likeness (QED) is 0.568. The van der Waals surface area contributed by atoms with Crippen LogP contribution in [0.5, 0.6) is 0 Å². The van der Waals surface area contributed by atoms with E-state index in [1.807, 2.05) is 18.2 Å². The second kappa shape index (κ2) is 7.36. The number of hydrogen-bond acceptors (Lipinski definition) is 3. The Kier molecular flexibility index (Phi) is 4.81. The number of hydrogen-bond donors (Lipinski definition) is 1. The van der Waals surface area contributed by atoms with Crippen LogP contribution in [0.25, 0.3) is 0 Å². The molecule has 0 aromatic heterocycles. The highest BCUT2D eigenvalue weighted by atomic mass is 16.2. The molecule has 1 N–H and O–H groups in total. The van der Waals surface area contributed by atoms with Gasteiger partial charge in [-0.1, -0.05) is 60.7 Å². The number of Topliss-reactive ketones (excluding diaryl/α,β-unsaturated/α-hetero) is 2. The van der Waals surface area contributed by atoms with Gasteiger partial charge in [0.2, 0.25) is 11.6 Å². The summed E-state index contributed by atoms with van der Waals surface area (Å²) in [5.41, 5.74) is 1.70. The van der Waals surface area contributed by atoms with Gasteiger partial charge < -0.3 is 5.32 Å². The molecule has 0 heterocycles. The van der Waals surface area contributed by atoms with Crippen LogP contribution >= 0.6 is 0 Å². The monoisotopic (exact) mass is 329 g/mol. The van der Waals surface area contributed by atoms with Crippen LogP contribution in [0.15, 0.2) is 84.9 Å². The Morgan fingerprint density at radius 1 is 0.520 bits per heavy atom. The van der Waals surface area contributed by atoms with E-state index in [0.29, 0.717) is 16.8 Å². The summed E-state index contributed by atoms with van der Waals surface area (Å²) < 4.78 is 0. The summed E-state index contributed by atoms with van der Waals surface area (Å²) in [7, 11) is 0. The predicted molar refractivity (Wildman–Crippen MR) is 95.9 cm³/mol. The van der Waals surface area contributed by atoms with Gasteiger partial charge in [0.25, 0.3) is 5.91 Å². The van der Waals surface area contributed by atoms with Gasteiger partial charge in [-0.15, -0.1) is 0 Å². The molecule has 0 aliphatic rings. The van der Waals surface area contributed by atoms with Gasteiger partial charge in [0, 0.05) is 22.4 Å². The van der Waals surface area contributed by atoms with Gasteiger partial charge >= 0.3 is 0 Å². The highest BCUT2D eigenvalue weighted by molar-refractivity contribution is 6.49. The molecule has 25 heavy (non-hydrogen) atoms. The van der Waals surface area contributed by atoms with Crippen LogP contribution in [0, 0.1) is 0 Å². The van der Waals surface area contributed by atoms with Crippen molar-refractivity contribution in [1.82, 2.24) is 0 Å². The standard InChI is InChI=1S/C21H15NO3/c23-19(15-7-3-1-4-8-15)20(24)16-11-13-17(14-12-16)21(25)22-18-9-5-2-6-10-18/h1-14H,(H,22,25). The van der Waals surface area contributed by atoms with Gasteiger partial charge in [0.1, 0.15) is 0 Å². The minimum Gasteiger partial charge on any atom is -0.322 e. The van der Waals surface area contributed by atoms with Crippen LogP contribution in [-0.2, 0) is 0 Å². The lowest BCUT2D eigenvalue weighted by atomic mass is 10.0. The Morgan fingerprint density at radius 2 is 0.960 bits per heavy atom. The van der Waals surface area contributed by atoms with E-state index in [1.54, 1.807) is 42.5 Å². The van der Waals surface area contributed by atoms with Crippen molar-refractivity contribution >= 4 is 23.2 Å². The van der Waals surface area contributed by atoms with Gasteiger partial charge in [-0.05, 0) is 24.3 Å². The van der Waals surface area contributed by atoms with Crippen LogP contribution in [0.2, 0.25) is 0 Å². The highest BCUT2D eigenvalue weighted by Crippen LogP contribution is 2.12.